The van der Waals surface area contributed by atoms with E-state index in [1.54, 1.807) is 18.2 Å². The number of nitrogens with one attached hydrogen (secondary N) is 2. The van der Waals surface area contributed by atoms with Crippen LogP contribution in [0.15, 0.2) is 54.7 Å². The number of ether oxygens (including phenoxy) is 2. The predicted octanol–water partition coefficient (Wildman–Crippen LogP) is 3.82. The molecule has 2 aromatic carbocycles. The lowest BCUT2D eigenvalue weighted by atomic mass is 10.2. The minimum absolute atomic E-state index is 0.244. The van der Waals surface area contributed by atoms with Crippen molar-refractivity contribution in [2.45, 2.75) is 6.54 Å². The number of methoxy groups -OCH3 is 2. The molecule has 7 nitrogen and oxygen atoms in total. The Morgan fingerprint density at radius 1 is 1.07 bits per heavy atom. The Bertz CT molecular complexity index is 967. The molecule has 3 aromatic rings. The van der Waals surface area contributed by atoms with Crippen molar-refractivity contribution in [1.82, 2.24) is 15.3 Å². The molecule has 0 aliphatic rings. The van der Waals surface area contributed by atoms with Crippen molar-refractivity contribution in [2.75, 3.05) is 19.5 Å². The van der Waals surface area contributed by atoms with Crippen LogP contribution in [0.4, 0.5) is 11.6 Å². The fourth-order valence-corrected chi connectivity index (χ4v) is 2.72. The molecule has 0 fully saturated rings. The topological polar surface area (TPSA) is 85.4 Å². The molecule has 1 aromatic heterocycles. The standard InChI is InChI=1S/C20H19ClN4O3/c1-27-17-11-16(18(28-2)10-14(17)21)25-20-22-9-8-15(24-20)19(26)23-12-13-6-4-3-5-7-13/h3-11H,12H2,1-2H3,(H,23,26)(H,22,24,25). The van der Waals surface area contributed by atoms with E-state index >= 15 is 0 Å². The number of anilines is 2. The molecule has 8 heteroatoms. The van der Waals surface area contributed by atoms with E-state index in [2.05, 4.69) is 20.6 Å². The first-order chi connectivity index (χ1) is 13.6. The lowest BCUT2D eigenvalue weighted by Crippen LogP contribution is -2.24. The summed E-state index contributed by atoms with van der Waals surface area (Å²) in [5.41, 5.74) is 1.81. The van der Waals surface area contributed by atoms with Gasteiger partial charge in [-0.3, -0.25) is 4.79 Å². The van der Waals surface area contributed by atoms with Crippen molar-refractivity contribution in [3.8, 4) is 11.5 Å². The fraction of sp³-hybridized carbons (Fsp3) is 0.150. The molecule has 0 atom stereocenters. The summed E-state index contributed by atoms with van der Waals surface area (Å²) in [6.45, 7) is 0.411. The van der Waals surface area contributed by atoms with Gasteiger partial charge in [0.05, 0.1) is 24.9 Å². The average Bonchev–Trinajstić information content (AvgIpc) is 2.73. The number of rotatable bonds is 7. The van der Waals surface area contributed by atoms with E-state index < -0.39 is 0 Å². The highest BCUT2D eigenvalue weighted by molar-refractivity contribution is 6.32. The van der Waals surface area contributed by atoms with Gasteiger partial charge in [-0.05, 0) is 11.6 Å². The molecule has 1 heterocycles. The van der Waals surface area contributed by atoms with Crippen LogP contribution in [0.3, 0.4) is 0 Å². The molecule has 0 aliphatic heterocycles. The average molecular weight is 399 g/mol. The zero-order valence-electron chi connectivity index (χ0n) is 15.4. The Morgan fingerprint density at radius 2 is 1.82 bits per heavy atom. The summed E-state index contributed by atoms with van der Waals surface area (Å²) in [6, 6.07) is 14.5. The zero-order valence-corrected chi connectivity index (χ0v) is 16.2. The van der Waals surface area contributed by atoms with Crippen molar-refractivity contribution in [2.24, 2.45) is 0 Å². The molecule has 3 rings (SSSR count). The molecule has 0 spiro atoms. The quantitative estimate of drug-likeness (QED) is 0.629. The summed E-state index contributed by atoms with van der Waals surface area (Å²) >= 11 is 6.12. The molecule has 0 saturated heterocycles. The van der Waals surface area contributed by atoms with Gasteiger partial charge in [0.15, 0.2) is 0 Å². The van der Waals surface area contributed by atoms with Gasteiger partial charge < -0.3 is 20.1 Å². The summed E-state index contributed by atoms with van der Waals surface area (Å²) in [6.07, 6.45) is 1.51. The number of carbonyl (C=O) groups is 1. The van der Waals surface area contributed by atoms with E-state index in [4.69, 9.17) is 21.1 Å². The first-order valence-corrected chi connectivity index (χ1v) is 8.82. The second kappa shape index (κ2) is 9.05. The predicted molar refractivity (Wildman–Crippen MR) is 107 cm³/mol. The Kier molecular flexibility index (Phi) is 6.29. The van der Waals surface area contributed by atoms with Gasteiger partial charge in [-0.1, -0.05) is 41.9 Å². The molecule has 0 radical (unpaired) electrons. The normalized spacial score (nSPS) is 10.2. The van der Waals surface area contributed by atoms with E-state index in [0.29, 0.717) is 28.8 Å². The highest BCUT2D eigenvalue weighted by Gasteiger charge is 2.13. The van der Waals surface area contributed by atoms with Gasteiger partial charge in [0.1, 0.15) is 17.2 Å². The number of amides is 1. The second-order valence-electron chi connectivity index (χ2n) is 5.75. The molecule has 0 saturated carbocycles. The van der Waals surface area contributed by atoms with Gasteiger partial charge in [0.25, 0.3) is 5.91 Å². The second-order valence-corrected chi connectivity index (χ2v) is 6.15. The van der Waals surface area contributed by atoms with Crippen molar-refractivity contribution in [3.63, 3.8) is 0 Å². The number of carbonyl (C=O) groups excluding carboxylic acids is 1. The fourth-order valence-electron chi connectivity index (χ4n) is 2.49. The number of hydrogen-bond acceptors (Lipinski definition) is 6. The first-order valence-electron chi connectivity index (χ1n) is 8.44. The van der Waals surface area contributed by atoms with Gasteiger partial charge in [0.2, 0.25) is 5.95 Å². The third-order valence-corrected chi connectivity index (χ3v) is 4.20. The van der Waals surface area contributed by atoms with Crippen molar-refractivity contribution >= 4 is 29.1 Å². The SMILES string of the molecule is COc1cc(Nc2nccc(C(=O)NCc3ccccc3)n2)c(OC)cc1Cl. The molecule has 144 valence electrons. The first kappa shape index (κ1) is 19.4. The summed E-state index contributed by atoms with van der Waals surface area (Å²) in [4.78, 5) is 20.8. The summed E-state index contributed by atoms with van der Waals surface area (Å²) in [7, 11) is 3.04. The maximum atomic E-state index is 12.4. The van der Waals surface area contributed by atoms with Crippen LogP contribution in [0.25, 0.3) is 0 Å². The summed E-state index contributed by atoms with van der Waals surface area (Å²) in [5, 5.41) is 6.28. The zero-order chi connectivity index (χ0) is 19.9. The van der Waals surface area contributed by atoms with Crippen LogP contribution in [0.5, 0.6) is 11.5 Å². The lowest BCUT2D eigenvalue weighted by Gasteiger charge is -2.13. The minimum Gasteiger partial charge on any atom is -0.495 e. The van der Waals surface area contributed by atoms with Crippen LogP contribution in [0.2, 0.25) is 5.02 Å². The third kappa shape index (κ3) is 4.69. The Balaban J connectivity index is 1.75. The molecule has 0 bridgehead atoms. The molecule has 2 N–H and O–H groups in total. The molecule has 0 aliphatic carbocycles. The molecular formula is C20H19ClN4O3. The maximum absolute atomic E-state index is 12.4. The molecule has 0 unspecified atom stereocenters. The van der Waals surface area contributed by atoms with E-state index in [1.807, 2.05) is 30.3 Å². The van der Waals surface area contributed by atoms with Gasteiger partial charge in [-0.2, -0.15) is 0 Å². The van der Waals surface area contributed by atoms with Crippen molar-refractivity contribution in [1.29, 1.82) is 0 Å². The lowest BCUT2D eigenvalue weighted by molar-refractivity contribution is 0.0946. The smallest absolute Gasteiger partial charge is 0.270 e. The number of nitrogens with zero attached hydrogens (tertiary/aromatic N) is 2. The Labute approximate surface area is 167 Å². The minimum atomic E-state index is -0.296. The van der Waals surface area contributed by atoms with Gasteiger partial charge in [0, 0.05) is 24.9 Å². The number of halogens is 1. The highest BCUT2D eigenvalue weighted by Crippen LogP contribution is 2.36. The number of aromatic nitrogens is 2. The van der Waals surface area contributed by atoms with Gasteiger partial charge >= 0.3 is 0 Å². The van der Waals surface area contributed by atoms with Crippen molar-refractivity contribution < 1.29 is 14.3 Å². The van der Waals surface area contributed by atoms with E-state index in [0.717, 1.165) is 5.56 Å². The van der Waals surface area contributed by atoms with Gasteiger partial charge in [-0.15, -0.1) is 0 Å². The number of hydrogen-bond donors (Lipinski definition) is 2. The molecule has 1 amide bonds. The van der Waals surface area contributed by atoms with Crippen LogP contribution in [-0.2, 0) is 6.54 Å². The van der Waals surface area contributed by atoms with E-state index in [-0.39, 0.29) is 17.5 Å². The van der Waals surface area contributed by atoms with Crippen LogP contribution in [0, 0.1) is 0 Å². The van der Waals surface area contributed by atoms with Crippen LogP contribution in [-0.4, -0.2) is 30.1 Å². The monoisotopic (exact) mass is 398 g/mol. The summed E-state index contributed by atoms with van der Waals surface area (Å²) < 4.78 is 10.6. The maximum Gasteiger partial charge on any atom is 0.270 e. The molecular weight excluding hydrogens is 380 g/mol. The van der Waals surface area contributed by atoms with E-state index in [9.17, 15) is 4.79 Å². The number of benzene rings is 2. The Morgan fingerprint density at radius 3 is 2.54 bits per heavy atom. The third-order valence-electron chi connectivity index (χ3n) is 3.90. The summed E-state index contributed by atoms with van der Waals surface area (Å²) in [5.74, 6) is 0.917. The van der Waals surface area contributed by atoms with Crippen LogP contribution >= 0.6 is 11.6 Å². The van der Waals surface area contributed by atoms with Gasteiger partial charge in [-0.25, -0.2) is 9.97 Å². The van der Waals surface area contributed by atoms with Crippen molar-refractivity contribution in [3.05, 3.63) is 71.0 Å². The largest absolute Gasteiger partial charge is 0.495 e. The van der Waals surface area contributed by atoms with Crippen LogP contribution in [0.1, 0.15) is 16.1 Å². The van der Waals surface area contributed by atoms with E-state index in [1.165, 1.54) is 20.4 Å². The molecule has 28 heavy (non-hydrogen) atoms. The Hall–Kier alpha value is -3.32. The highest BCUT2D eigenvalue weighted by atomic mass is 35.5. The van der Waals surface area contributed by atoms with Crippen LogP contribution < -0.4 is 20.1 Å².